The van der Waals surface area contributed by atoms with Gasteiger partial charge in [0.15, 0.2) is 5.82 Å². The first-order chi connectivity index (χ1) is 15.6. The standard InChI is InChI=1S/C25H29N5O3/c1-14-20(22(26)31)21(18-13-17(32-5)11-12-19(18)33-6)30-24(27-14)28-23(29-30)15-7-9-16(10-8-15)25(2,3)4/h7-13,21H,1-6H3,(H2,26,31)(H,27,28,29). The Morgan fingerprint density at radius 3 is 2.36 bits per heavy atom. The Balaban J connectivity index is 1.87. The van der Waals surface area contributed by atoms with E-state index in [9.17, 15) is 4.79 Å². The Labute approximate surface area is 193 Å². The van der Waals surface area contributed by atoms with Crippen molar-refractivity contribution in [2.45, 2.75) is 39.2 Å². The Bertz CT molecular complexity index is 1240. The molecule has 1 amide bonds. The van der Waals surface area contributed by atoms with Crippen LogP contribution in [0.15, 0.2) is 53.7 Å². The van der Waals surface area contributed by atoms with Crippen LogP contribution in [0.1, 0.15) is 44.9 Å². The number of ether oxygens (including phenoxy) is 2. The van der Waals surface area contributed by atoms with Crippen LogP contribution in [0.3, 0.4) is 0 Å². The number of aromatic nitrogens is 3. The number of nitrogens with zero attached hydrogens (tertiary/aromatic N) is 3. The molecule has 2 heterocycles. The second kappa shape index (κ2) is 8.27. The quantitative estimate of drug-likeness (QED) is 0.612. The maximum atomic E-state index is 12.5. The highest BCUT2D eigenvalue weighted by Crippen LogP contribution is 2.41. The van der Waals surface area contributed by atoms with E-state index in [4.69, 9.17) is 25.3 Å². The summed E-state index contributed by atoms with van der Waals surface area (Å²) in [5.41, 5.74) is 9.66. The number of fused-ring (bicyclic) bond motifs is 1. The van der Waals surface area contributed by atoms with Gasteiger partial charge in [-0.2, -0.15) is 4.98 Å². The molecule has 4 rings (SSSR count). The molecule has 0 spiro atoms. The molecule has 1 aliphatic heterocycles. The third-order valence-electron chi connectivity index (χ3n) is 5.86. The molecule has 0 saturated carbocycles. The minimum absolute atomic E-state index is 0.0480. The van der Waals surface area contributed by atoms with Gasteiger partial charge in [-0.1, -0.05) is 45.0 Å². The first kappa shape index (κ1) is 22.4. The van der Waals surface area contributed by atoms with Crippen molar-refractivity contribution in [3.63, 3.8) is 0 Å². The Morgan fingerprint density at radius 2 is 1.79 bits per heavy atom. The summed E-state index contributed by atoms with van der Waals surface area (Å²) >= 11 is 0. The van der Waals surface area contributed by atoms with Crippen LogP contribution in [0.2, 0.25) is 0 Å². The van der Waals surface area contributed by atoms with Gasteiger partial charge in [0, 0.05) is 16.8 Å². The minimum Gasteiger partial charge on any atom is -0.497 e. The van der Waals surface area contributed by atoms with Gasteiger partial charge in [-0.25, -0.2) is 4.68 Å². The third kappa shape index (κ3) is 4.04. The summed E-state index contributed by atoms with van der Waals surface area (Å²) in [4.78, 5) is 17.2. The molecule has 0 fully saturated rings. The van der Waals surface area contributed by atoms with Crippen molar-refractivity contribution < 1.29 is 14.3 Å². The van der Waals surface area contributed by atoms with E-state index in [0.29, 0.717) is 40.1 Å². The van der Waals surface area contributed by atoms with Crippen LogP contribution < -0.4 is 20.5 Å². The number of carbonyl (C=O) groups is 1. The number of anilines is 1. The number of amides is 1. The van der Waals surface area contributed by atoms with Crippen LogP contribution in [-0.4, -0.2) is 34.9 Å². The molecule has 1 atom stereocenters. The van der Waals surface area contributed by atoms with E-state index < -0.39 is 11.9 Å². The number of allylic oxidation sites excluding steroid dienone is 1. The second-order valence-corrected chi connectivity index (χ2v) is 9.07. The van der Waals surface area contributed by atoms with E-state index in [0.717, 1.165) is 5.56 Å². The first-order valence-corrected chi connectivity index (χ1v) is 10.7. The minimum atomic E-state index is -0.626. The van der Waals surface area contributed by atoms with Gasteiger partial charge in [0.1, 0.15) is 17.5 Å². The molecule has 172 valence electrons. The van der Waals surface area contributed by atoms with E-state index in [1.165, 1.54) is 5.56 Å². The lowest BCUT2D eigenvalue weighted by Gasteiger charge is -2.28. The van der Waals surface area contributed by atoms with E-state index in [1.54, 1.807) is 38.0 Å². The summed E-state index contributed by atoms with van der Waals surface area (Å²) in [6.45, 7) is 8.32. The molecular formula is C25H29N5O3. The van der Waals surface area contributed by atoms with Crippen LogP contribution in [0.4, 0.5) is 5.95 Å². The summed E-state index contributed by atoms with van der Waals surface area (Å²) < 4.78 is 12.7. The summed E-state index contributed by atoms with van der Waals surface area (Å²) in [5.74, 6) is 1.73. The lowest BCUT2D eigenvalue weighted by molar-refractivity contribution is -0.115. The smallest absolute Gasteiger partial charge is 0.248 e. The molecule has 0 aliphatic carbocycles. The number of rotatable bonds is 5. The van der Waals surface area contributed by atoms with Gasteiger partial charge in [0.05, 0.1) is 19.8 Å². The number of primary amides is 1. The van der Waals surface area contributed by atoms with Crippen molar-refractivity contribution in [2.24, 2.45) is 5.73 Å². The van der Waals surface area contributed by atoms with Crippen LogP contribution >= 0.6 is 0 Å². The Kier molecular flexibility index (Phi) is 5.61. The van der Waals surface area contributed by atoms with Crippen molar-refractivity contribution in [3.05, 3.63) is 64.9 Å². The van der Waals surface area contributed by atoms with Gasteiger partial charge < -0.3 is 20.5 Å². The zero-order valence-electron chi connectivity index (χ0n) is 19.8. The first-order valence-electron chi connectivity index (χ1n) is 10.7. The van der Waals surface area contributed by atoms with Crippen LogP contribution in [0.5, 0.6) is 11.5 Å². The molecular weight excluding hydrogens is 418 g/mol. The highest BCUT2D eigenvalue weighted by atomic mass is 16.5. The van der Waals surface area contributed by atoms with Crippen molar-refractivity contribution in [1.29, 1.82) is 0 Å². The average molecular weight is 448 g/mol. The summed E-state index contributed by atoms with van der Waals surface area (Å²) in [5, 5.41) is 7.95. The predicted molar refractivity (Wildman–Crippen MR) is 127 cm³/mol. The number of nitrogens with two attached hydrogens (primary N) is 1. The van der Waals surface area contributed by atoms with Crippen molar-refractivity contribution in [2.75, 3.05) is 19.5 Å². The molecule has 0 radical (unpaired) electrons. The van der Waals surface area contributed by atoms with Gasteiger partial charge in [-0.3, -0.25) is 4.79 Å². The third-order valence-corrected chi connectivity index (χ3v) is 5.86. The fourth-order valence-corrected chi connectivity index (χ4v) is 4.05. The zero-order chi connectivity index (χ0) is 23.9. The fraction of sp³-hybridized carbons (Fsp3) is 0.320. The highest BCUT2D eigenvalue weighted by molar-refractivity contribution is 5.95. The largest absolute Gasteiger partial charge is 0.497 e. The van der Waals surface area contributed by atoms with Gasteiger partial charge in [-0.05, 0) is 36.1 Å². The molecule has 3 N–H and O–H groups in total. The maximum absolute atomic E-state index is 12.5. The van der Waals surface area contributed by atoms with E-state index in [1.807, 2.05) is 18.2 Å². The molecule has 3 aromatic rings. The number of hydrogen-bond acceptors (Lipinski definition) is 6. The number of nitrogens with one attached hydrogen (secondary N) is 1. The van der Waals surface area contributed by atoms with Gasteiger partial charge in [0.2, 0.25) is 11.9 Å². The van der Waals surface area contributed by atoms with Crippen LogP contribution in [0.25, 0.3) is 11.4 Å². The highest BCUT2D eigenvalue weighted by Gasteiger charge is 2.35. The van der Waals surface area contributed by atoms with E-state index >= 15 is 0 Å². The number of benzene rings is 2. The molecule has 2 aromatic carbocycles. The van der Waals surface area contributed by atoms with Crippen LogP contribution in [0, 0.1) is 0 Å². The Morgan fingerprint density at radius 1 is 1.09 bits per heavy atom. The molecule has 8 nitrogen and oxygen atoms in total. The zero-order valence-corrected chi connectivity index (χ0v) is 19.8. The SMILES string of the molecule is COc1ccc(OC)c(C2C(C(N)=O)=C(C)Nc3nc(-c4ccc(C(C)(C)C)cc4)nn32)c1. The van der Waals surface area contributed by atoms with Gasteiger partial charge in [-0.15, -0.1) is 5.10 Å². The van der Waals surface area contributed by atoms with Crippen molar-refractivity contribution in [1.82, 2.24) is 14.8 Å². The number of methoxy groups -OCH3 is 2. The molecule has 8 heteroatoms. The Hall–Kier alpha value is -3.81. The van der Waals surface area contributed by atoms with E-state index in [-0.39, 0.29) is 5.41 Å². The monoisotopic (exact) mass is 447 g/mol. The second-order valence-electron chi connectivity index (χ2n) is 9.07. The molecule has 0 saturated heterocycles. The molecule has 1 unspecified atom stereocenters. The lowest BCUT2D eigenvalue weighted by atomic mass is 9.87. The summed E-state index contributed by atoms with van der Waals surface area (Å²) in [7, 11) is 3.17. The predicted octanol–water partition coefficient (Wildman–Crippen LogP) is 4.03. The van der Waals surface area contributed by atoms with Gasteiger partial charge >= 0.3 is 0 Å². The molecule has 1 aromatic heterocycles. The average Bonchev–Trinajstić information content (AvgIpc) is 3.20. The summed E-state index contributed by atoms with van der Waals surface area (Å²) in [6, 6.07) is 13.0. The number of hydrogen-bond donors (Lipinski definition) is 2. The molecule has 0 bridgehead atoms. The number of carbonyl (C=O) groups excluding carboxylic acids is 1. The lowest BCUT2D eigenvalue weighted by Crippen LogP contribution is -2.32. The fourth-order valence-electron chi connectivity index (χ4n) is 4.05. The van der Waals surface area contributed by atoms with Crippen molar-refractivity contribution >= 4 is 11.9 Å². The van der Waals surface area contributed by atoms with E-state index in [2.05, 4.69) is 38.2 Å². The summed E-state index contributed by atoms with van der Waals surface area (Å²) in [6.07, 6.45) is 0. The molecule has 1 aliphatic rings. The topological polar surface area (TPSA) is 104 Å². The molecule has 33 heavy (non-hydrogen) atoms. The van der Waals surface area contributed by atoms with Crippen LogP contribution in [-0.2, 0) is 10.2 Å². The normalized spacial score (nSPS) is 15.6. The van der Waals surface area contributed by atoms with Gasteiger partial charge in [0.25, 0.3) is 0 Å². The maximum Gasteiger partial charge on any atom is 0.248 e. The van der Waals surface area contributed by atoms with Crippen molar-refractivity contribution in [3.8, 4) is 22.9 Å².